The van der Waals surface area contributed by atoms with Crippen LogP contribution in [0.1, 0.15) is 56.8 Å². The fourth-order valence-corrected chi connectivity index (χ4v) is 2.54. The van der Waals surface area contributed by atoms with Crippen molar-refractivity contribution < 1.29 is 9.59 Å². The molecule has 0 radical (unpaired) electrons. The van der Waals surface area contributed by atoms with E-state index in [9.17, 15) is 9.59 Å². The Kier molecular flexibility index (Phi) is 7.70. The normalized spacial score (nSPS) is 17.0. The third kappa shape index (κ3) is 6.13. The van der Waals surface area contributed by atoms with Gasteiger partial charge < -0.3 is 16.0 Å². The van der Waals surface area contributed by atoms with Gasteiger partial charge in [0.15, 0.2) is 0 Å². The van der Waals surface area contributed by atoms with Crippen molar-refractivity contribution in [2.24, 2.45) is 0 Å². The third-order valence-corrected chi connectivity index (χ3v) is 4.36. The van der Waals surface area contributed by atoms with E-state index in [2.05, 4.69) is 16.0 Å². The molecule has 2 rings (SSSR count). The molecular formula is C18H28ClN3O2. The Bertz CT molecular complexity index is 552. The van der Waals surface area contributed by atoms with Crippen molar-refractivity contribution in [3.8, 4) is 0 Å². The summed E-state index contributed by atoms with van der Waals surface area (Å²) in [7, 11) is 0. The molecule has 0 spiro atoms. The first-order chi connectivity index (χ1) is 10.9. The van der Waals surface area contributed by atoms with Gasteiger partial charge in [0, 0.05) is 29.3 Å². The summed E-state index contributed by atoms with van der Waals surface area (Å²) in [6.07, 6.45) is 3.55. The quantitative estimate of drug-likeness (QED) is 0.736. The SMILES string of the molecule is CCC(C)(C)NC(=O)c1ccc(NC(=O)CC2CCCN2)cc1.Cl. The van der Waals surface area contributed by atoms with Gasteiger partial charge in [0.1, 0.15) is 0 Å². The zero-order valence-corrected chi connectivity index (χ0v) is 15.5. The van der Waals surface area contributed by atoms with Gasteiger partial charge in [-0.15, -0.1) is 12.4 Å². The summed E-state index contributed by atoms with van der Waals surface area (Å²) >= 11 is 0. The van der Waals surface area contributed by atoms with Gasteiger partial charge in [-0.3, -0.25) is 9.59 Å². The monoisotopic (exact) mass is 353 g/mol. The molecule has 1 unspecified atom stereocenters. The maximum Gasteiger partial charge on any atom is 0.251 e. The van der Waals surface area contributed by atoms with Crippen molar-refractivity contribution in [1.29, 1.82) is 0 Å². The maximum absolute atomic E-state index is 12.2. The smallest absolute Gasteiger partial charge is 0.251 e. The summed E-state index contributed by atoms with van der Waals surface area (Å²) in [5.41, 5.74) is 1.10. The first-order valence-corrected chi connectivity index (χ1v) is 8.35. The Hall–Kier alpha value is -1.59. The van der Waals surface area contributed by atoms with Crippen molar-refractivity contribution in [2.75, 3.05) is 11.9 Å². The number of benzene rings is 1. The summed E-state index contributed by atoms with van der Waals surface area (Å²) < 4.78 is 0. The summed E-state index contributed by atoms with van der Waals surface area (Å²) in [6, 6.07) is 7.31. The fraction of sp³-hybridized carbons (Fsp3) is 0.556. The molecule has 6 heteroatoms. The van der Waals surface area contributed by atoms with Crippen LogP contribution in [0.15, 0.2) is 24.3 Å². The molecule has 0 bridgehead atoms. The van der Waals surface area contributed by atoms with Crippen LogP contribution in [-0.4, -0.2) is 29.9 Å². The van der Waals surface area contributed by atoms with Crippen LogP contribution >= 0.6 is 12.4 Å². The molecule has 0 saturated carbocycles. The minimum atomic E-state index is -0.224. The molecule has 1 saturated heterocycles. The lowest BCUT2D eigenvalue weighted by Crippen LogP contribution is -2.42. The molecule has 134 valence electrons. The van der Waals surface area contributed by atoms with Gasteiger partial charge in [-0.25, -0.2) is 0 Å². The van der Waals surface area contributed by atoms with E-state index in [0.717, 1.165) is 31.5 Å². The van der Waals surface area contributed by atoms with Gasteiger partial charge in [0.2, 0.25) is 5.91 Å². The predicted molar refractivity (Wildman–Crippen MR) is 99.8 cm³/mol. The molecular weight excluding hydrogens is 326 g/mol. The number of nitrogens with one attached hydrogen (secondary N) is 3. The van der Waals surface area contributed by atoms with Crippen LogP contribution in [0.2, 0.25) is 0 Å². The van der Waals surface area contributed by atoms with Gasteiger partial charge in [0.25, 0.3) is 5.91 Å². The largest absolute Gasteiger partial charge is 0.347 e. The molecule has 1 heterocycles. The van der Waals surface area contributed by atoms with Gasteiger partial charge >= 0.3 is 0 Å². The molecule has 1 aliphatic heterocycles. The van der Waals surface area contributed by atoms with Gasteiger partial charge in [-0.05, 0) is 63.9 Å². The highest BCUT2D eigenvalue weighted by Crippen LogP contribution is 2.14. The molecule has 1 aromatic carbocycles. The van der Waals surface area contributed by atoms with E-state index < -0.39 is 0 Å². The molecule has 1 aromatic rings. The van der Waals surface area contributed by atoms with Crippen LogP contribution in [0.25, 0.3) is 0 Å². The number of carbonyl (C=O) groups is 2. The Morgan fingerprint density at radius 1 is 1.25 bits per heavy atom. The highest BCUT2D eigenvalue weighted by atomic mass is 35.5. The minimum absolute atomic E-state index is 0. The molecule has 2 amide bonds. The Morgan fingerprint density at radius 3 is 2.46 bits per heavy atom. The second-order valence-corrected chi connectivity index (χ2v) is 6.81. The molecule has 24 heavy (non-hydrogen) atoms. The summed E-state index contributed by atoms with van der Waals surface area (Å²) in [4.78, 5) is 24.2. The standard InChI is InChI=1S/C18H27N3O2.ClH/c1-4-18(2,3)21-17(23)13-7-9-14(10-8-13)20-16(22)12-15-6-5-11-19-15;/h7-10,15,19H,4-6,11-12H2,1-3H3,(H,20,22)(H,21,23);1H. The topological polar surface area (TPSA) is 70.2 Å². The van der Waals surface area contributed by atoms with E-state index in [4.69, 9.17) is 0 Å². The van der Waals surface area contributed by atoms with E-state index >= 15 is 0 Å². The first-order valence-electron chi connectivity index (χ1n) is 8.35. The average molecular weight is 354 g/mol. The number of carbonyl (C=O) groups excluding carboxylic acids is 2. The van der Waals surface area contributed by atoms with Crippen LogP contribution in [0.4, 0.5) is 5.69 Å². The van der Waals surface area contributed by atoms with E-state index in [-0.39, 0.29) is 35.8 Å². The first kappa shape index (κ1) is 20.5. The molecule has 1 fully saturated rings. The second kappa shape index (κ2) is 9.04. The van der Waals surface area contributed by atoms with E-state index in [1.807, 2.05) is 20.8 Å². The van der Waals surface area contributed by atoms with Crippen molar-refractivity contribution in [2.45, 2.75) is 58.0 Å². The highest BCUT2D eigenvalue weighted by Gasteiger charge is 2.19. The summed E-state index contributed by atoms with van der Waals surface area (Å²) in [5, 5.41) is 9.19. The molecule has 1 aliphatic rings. The maximum atomic E-state index is 12.2. The average Bonchev–Trinajstić information content (AvgIpc) is 3.00. The number of rotatable bonds is 6. The number of amides is 2. The molecule has 3 N–H and O–H groups in total. The number of hydrogen-bond acceptors (Lipinski definition) is 3. The molecule has 0 aromatic heterocycles. The Balaban J connectivity index is 0.00000288. The van der Waals surface area contributed by atoms with Crippen LogP contribution in [0, 0.1) is 0 Å². The lowest BCUT2D eigenvalue weighted by atomic mass is 10.0. The number of anilines is 1. The number of halogens is 1. The van der Waals surface area contributed by atoms with Crippen LogP contribution in [0.3, 0.4) is 0 Å². The van der Waals surface area contributed by atoms with E-state index in [1.165, 1.54) is 0 Å². The van der Waals surface area contributed by atoms with Crippen molar-refractivity contribution in [3.63, 3.8) is 0 Å². The summed E-state index contributed by atoms with van der Waals surface area (Å²) in [5.74, 6) is -0.0846. The molecule has 1 atom stereocenters. The van der Waals surface area contributed by atoms with Gasteiger partial charge in [-0.1, -0.05) is 6.92 Å². The van der Waals surface area contributed by atoms with E-state index in [1.54, 1.807) is 24.3 Å². The predicted octanol–water partition coefficient (Wildman–Crippen LogP) is 3.11. The molecule has 0 aliphatic carbocycles. The van der Waals surface area contributed by atoms with Crippen LogP contribution in [-0.2, 0) is 4.79 Å². The Labute approximate surface area is 150 Å². The van der Waals surface area contributed by atoms with E-state index in [0.29, 0.717) is 12.0 Å². The van der Waals surface area contributed by atoms with Crippen LogP contribution < -0.4 is 16.0 Å². The highest BCUT2D eigenvalue weighted by molar-refractivity contribution is 5.96. The number of hydrogen-bond donors (Lipinski definition) is 3. The zero-order valence-electron chi connectivity index (χ0n) is 14.6. The van der Waals surface area contributed by atoms with Gasteiger partial charge in [-0.2, -0.15) is 0 Å². The van der Waals surface area contributed by atoms with Gasteiger partial charge in [0.05, 0.1) is 0 Å². The van der Waals surface area contributed by atoms with Crippen molar-refractivity contribution in [3.05, 3.63) is 29.8 Å². The Morgan fingerprint density at radius 2 is 1.92 bits per heavy atom. The third-order valence-electron chi connectivity index (χ3n) is 4.36. The second-order valence-electron chi connectivity index (χ2n) is 6.81. The van der Waals surface area contributed by atoms with Crippen molar-refractivity contribution in [1.82, 2.24) is 10.6 Å². The zero-order chi connectivity index (χ0) is 16.9. The van der Waals surface area contributed by atoms with Crippen LogP contribution in [0.5, 0.6) is 0 Å². The molecule has 5 nitrogen and oxygen atoms in total. The summed E-state index contributed by atoms with van der Waals surface area (Å²) in [6.45, 7) is 7.03. The lowest BCUT2D eigenvalue weighted by molar-refractivity contribution is -0.116. The fourth-order valence-electron chi connectivity index (χ4n) is 2.54. The van der Waals surface area contributed by atoms with Crippen molar-refractivity contribution >= 4 is 29.9 Å². The lowest BCUT2D eigenvalue weighted by Gasteiger charge is -2.24. The minimum Gasteiger partial charge on any atom is -0.347 e.